The number of nitrogens with one attached hydrogen (secondary N) is 2. The standard InChI is InChI=1S/C23H30ClF3N6O3S/c1-37(34,35)11-10-33-8-6-17(7-9-33)36-16-4-2-14(3-5-16)20-18(23(25,26)27)12-15(13-19(20)24)29-22-30-21(28)31-32-22/h2,4,12-13,17-18,20H,3,5-11H2,1H3,(H4,28,29,30,31,32). The summed E-state index contributed by atoms with van der Waals surface area (Å²) in [6.45, 7) is 2.00. The second kappa shape index (κ2) is 11.1. The highest BCUT2D eigenvalue weighted by atomic mass is 35.5. The average Bonchev–Trinajstić information content (AvgIpc) is 3.22. The lowest BCUT2D eigenvalue weighted by molar-refractivity contribution is -0.168. The molecule has 204 valence electrons. The fourth-order valence-corrected chi connectivity index (χ4v) is 5.71. The van der Waals surface area contributed by atoms with Crippen molar-refractivity contribution < 1.29 is 26.3 Å². The number of anilines is 2. The van der Waals surface area contributed by atoms with Crippen LogP contribution < -0.4 is 11.1 Å². The van der Waals surface area contributed by atoms with E-state index in [0.29, 0.717) is 25.0 Å². The first-order valence-electron chi connectivity index (χ1n) is 11.9. The number of H-pyrrole nitrogens is 1. The molecule has 1 aromatic rings. The van der Waals surface area contributed by atoms with Crippen molar-refractivity contribution in [3.05, 3.63) is 46.4 Å². The Morgan fingerprint density at radius 2 is 2.00 bits per heavy atom. The maximum Gasteiger partial charge on any atom is 0.396 e. The number of aromatic nitrogens is 3. The number of piperidine rings is 1. The highest BCUT2D eigenvalue weighted by Crippen LogP contribution is 2.47. The quantitative estimate of drug-likeness (QED) is 0.437. The number of hydrogen-bond donors (Lipinski definition) is 3. The van der Waals surface area contributed by atoms with Gasteiger partial charge in [-0.1, -0.05) is 23.3 Å². The van der Waals surface area contributed by atoms with Gasteiger partial charge in [-0.3, -0.25) is 0 Å². The van der Waals surface area contributed by atoms with Gasteiger partial charge in [0, 0.05) is 49.0 Å². The molecule has 0 bridgehead atoms. The van der Waals surface area contributed by atoms with Crippen molar-refractivity contribution in [2.24, 2.45) is 11.8 Å². The lowest BCUT2D eigenvalue weighted by atomic mass is 9.78. The number of likely N-dealkylation sites (tertiary alicyclic amines) is 1. The van der Waals surface area contributed by atoms with Crippen LogP contribution in [0.5, 0.6) is 0 Å². The summed E-state index contributed by atoms with van der Waals surface area (Å²) in [7, 11) is -3.00. The molecule has 37 heavy (non-hydrogen) atoms. The molecule has 2 heterocycles. The molecule has 0 radical (unpaired) electrons. The monoisotopic (exact) mass is 562 g/mol. The Hall–Kier alpha value is -2.51. The highest BCUT2D eigenvalue weighted by Gasteiger charge is 2.47. The van der Waals surface area contributed by atoms with Crippen molar-refractivity contribution >= 4 is 33.3 Å². The van der Waals surface area contributed by atoms with Crippen molar-refractivity contribution in [1.29, 1.82) is 0 Å². The summed E-state index contributed by atoms with van der Waals surface area (Å²) >= 11 is 6.41. The van der Waals surface area contributed by atoms with E-state index >= 15 is 0 Å². The Balaban J connectivity index is 1.39. The second-order valence-corrected chi connectivity index (χ2v) is 12.2. The molecule has 0 aromatic carbocycles. The van der Waals surface area contributed by atoms with Gasteiger partial charge in [-0.25, -0.2) is 13.5 Å². The zero-order valence-electron chi connectivity index (χ0n) is 20.3. The van der Waals surface area contributed by atoms with E-state index in [2.05, 4.69) is 25.4 Å². The number of nitrogens with zero attached hydrogens (tertiary/aromatic N) is 3. The van der Waals surface area contributed by atoms with Crippen molar-refractivity contribution in [1.82, 2.24) is 20.1 Å². The zero-order valence-corrected chi connectivity index (χ0v) is 21.8. The molecule has 0 spiro atoms. The lowest BCUT2D eigenvalue weighted by Crippen LogP contribution is -2.39. The number of hydrogen-bond acceptors (Lipinski definition) is 8. The number of aromatic amines is 1. The Morgan fingerprint density at radius 1 is 1.27 bits per heavy atom. The van der Waals surface area contributed by atoms with Crippen LogP contribution in [0.4, 0.5) is 25.1 Å². The molecule has 2 aliphatic carbocycles. The molecule has 14 heteroatoms. The van der Waals surface area contributed by atoms with Gasteiger partial charge in [0.15, 0.2) is 0 Å². The summed E-state index contributed by atoms with van der Waals surface area (Å²) in [6.07, 6.45) is 5.09. The van der Waals surface area contributed by atoms with E-state index in [4.69, 9.17) is 22.1 Å². The topological polar surface area (TPSA) is 126 Å². The first-order chi connectivity index (χ1) is 17.4. The molecule has 0 amide bonds. The van der Waals surface area contributed by atoms with Gasteiger partial charge in [0.05, 0.1) is 17.4 Å². The minimum Gasteiger partial charge on any atom is -0.495 e. The van der Waals surface area contributed by atoms with Gasteiger partial charge in [-0.2, -0.15) is 18.2 Å². The number of nitrogens with two attached hydrogens (primary N) is 1. The van der Waals surface area contributed by atoms with Crippen molar-refractivity contribution in [2.45, 2.75) is 38.0 Å². The second-order valence-electron chi connectivity index (χ2n) is 9.53. The van der Waals surface area contributed by atoms with Crippen LogP contribution in [0.1, 0.15) is 25.7 Å². The molecule has 1 aliphatic heterocycles. The van der Waals surface area contributed by atoms with Crippen LogP contribution in [0, 0.1) is 11.8 Å². The van der Waals surface area contributed by atoms with Crippen molar-refractivity contribution in [3.63, 3.8) is 0 Å². The van der Waals surface area contributed by atoms with Crippen LogP contribution in [-0.4, -0.2) is 72.4 Å². The molecular weight excluding hydrogens is 533 g/mol. The van der Waals surface area contributed by atoms with E-state index < -0.39 is 27.8 Å². The van der Waals surface area contributed by atoms with Gasteiger partial charge in [0.25, 0.3) is 0 Å². The normalized spacial score (nSPS) is 24.1. The van der Waals surface area contributed by atoms with Crippen LogP contribution >= 0.6 is 11.6 Å². The van der Waals surface area contributed by atoms with Gasteiger partial charge in [0.1, 0.15) is 15.9 Å². The van der Waals surface area contributed by atoms with Gasteiger partial charge in [-0.15, -0.1) is 5.10 Å². The maximum absolute atomic E-state index is 14.1. The predicted molar refractivity (Wildman–Crippen MR) is 135 cm³/mol. The van der Waals surface area contributed by atoms with Gasteiger partial charge >= 0.3 is 6.18 Å². The molecule has 1 aromatic heterocycles. The summed E-state index contributed by atoms with van der Waals surface area (Å²) < 4.78 is 71.0. The molecule has 2 atom stereocenters. The number of alkyl halides is 3. The molecule has 9 nitrogen and oxygen atoms in total. The van der Waals surface area contributed by atoms with Gasteiger partial charge in [-0.05, 0) is 37.5 Å². The number of allylic oxidation sites excluding steroid dienone is 7. The number of halogens is 4. The van der Waals surface area contributed by atoms with Crippen LogP contribution in [0.3, 0.4) is 0 Å². The molecule has 3 aliphatic rings. The van der Waals surface area contributed by atoms with E-state index in [1.807, 2.05) is 0 Å². The Kier molecular flexibility index (Phi) is 8.24. The first kappa shape index (κ1) is 27.5. The van der Waals surface area contributed by atoms with Crippen LogP contribution in [0.25, 0.3) is 0 Å². The predicted octanol–water partition coefficient (Wildman–Crippen LogP) is 3.74. The minimum atomic E-state index is -4.52. The number of nitrogen functional groups attached to an aromatic ring is 1. The fraction of sp³-hybridized carbons (Fsp3) is 0.565. The lowest BCUT2D eigenvalue weighted by Gasteiger charge is -2.35. The Morgan fingerprint density at radius 3 is 2.57 bits per heavy atom. The summed E-state index contributed by atoms with van der Waals surface area (Å²) in [5.41, 5.74) is 6.20. The summed E-state index contributed by atoms with van der Waals surface area (Å²) in [5, 5.41) is 8.98. The van der Waals surface area contributed by atoms with E-state index in [9.17, 15) is 21.6 Å². The molecule has 0 saturated carbocycles. The maximum atomic E-state index is 14.1. The Labute approximate surface area is 218 Å². The number of sulfone groups is 1. The van der Waals surface area contributed by atoms with Crippen molar-refractivity contribution in [3.8, 4) is 0 Å². The number of ether oxygens (including phenoxy) is 1. The molecule has 2 unspecified atom stereocenters. The van der Waals surface area contributed by atoms with E-state index in [0.717, 1.165) is 37.8 Å². The van der Waals surface area contributed by atoms with Crippen LogP contribution in [0.2, 0.25) is 0 Å². The molecule has 1 saturated heterocycles. The number of rotatable bonds is 8. The molecule has 4 rings (SSSR count). The summed E-state index contributed by atoms with van der Waals surface area (Å²) in [6, 6.07) is 0. The van der Waals surface area contributed by atoms with E-state index in [-0.39, 0.29) is 34.5 Å². The fourth-order valence-electron chi connectivity index (χ4n) is 4.73. The third-order valence-corrected chi connectivity index (χ3v) is 7.89. The zero-order chi connectivity index (χ0) is 26.8. The van der Waals surface area contributed by atoms with Gasteiger partial charge in [0.2, 0.25) is 11.9 Å². The molecule has 1 fully saturated rings. The van der Waals surface area contributed by atoms with Gasteiger partial charge < -0.3 is 20.7 Å². The first-order valence-corrected chi connectivity index (χ1v) is 14.4. The summed E-state index contributed by atoms with van der Waals surface area (Å²) in [4.78, 5) is 5.96. The molecule has 4 N–H and O–H groups in total. The minimum absolute atomic E-state index is 0.00183. The molecular formula is C23H30ClF3N6O3S. The average molecular weight is 563 g/mol. The van der Waals surface area contributed by atoms with Crippen LogP contribution in [0.15, 0.2) is 46.4 Å². The third kappa shape index (κ3) is 7.51. The third-order valence-electron chi connectivity index (χ3n) is 6.62. The largest absolute Gasteiger partial charge is 0.495 e. The highest BCUT2D eigenvalue weighted by molar-refractivity contribution is 7.90. The van der Waals surface area contributed by atoms with E-state index in [1.165, 1.54) is 12.3 Å². The Bertz CT molecular complexity index is 1220. The van der Waals surface area contributed by atoms with Crippen LogP contribution in [-0.2, 0) is 14.6 Å². The smallest absolute Gasteiger partial charge is 0.396 e. The van der Waals surface area contributed by atoms with E-state index in [1.54, 1.807) is 12.2 Å². The van der Waals surface area contributed by atoms with Crippen molar-refractivity contribution in [2.75, 3.05) is 42.7 Å². The SMILES string of the molecule is CS(=O)(=O)CCN1CCC(OC2=CC=C(C3C(Cl)=CC(Nc4n[nH]c(N)n4)=CC3C(F)(F)F)CC2)CC1. The summed E-state index contributed by atoms with van der Waals surface area (Å²) in [5.74, 6) is -1.89.